The van der Waals surface area contributed by atoms with Crippen LogP contribution < -0.4 is 10.9 Å². The van der Waals surface area contributed by atoms with E-state index in [1.807, 2.05) is 30.3 Å². The molecule has 1 amide bonds. The van der Waals surface area contributed by atoms with Crippen LogP contribution >= 0.6 is 0 Å². The topological polar surface area (TPSA) is 103 Å². The van der Waals surface area contributed by atoms with Gasteiger partial charge in [0.1, 0.15) is 6.54 Å². The first-order chi connectivity index (χ1) is 14.2. The fourth-order valence-electron chi connectivity index (χ4n) is 3.54. The lowest BCUT2D eigenvalue weighted by atomic mass is 10.1. The molecule has 0 radical (unpaired) electrons. The minimum absolute atomic E-state index is 0.0275. The summed E-state index contributed by atoms with van der Waals surface area (Å²) in [6.07, 6.45) is 6.59. The molecule has 0 spiro atoms. The number of aromatic nitrogens is 4. The van der Waals surface area contributed by atoms with Gasteiger partial charge in [0.05, 0.1) is 5.69 Å². The normalized spacial score (nSPS) is 15.0. The SMILES string of the molecule is O=C(NC1CCCCCC1)c1nc(Cn2nc(-c3ccccc3)ccc2=O)no1. The zero-order valence-electron chi connectivity index (χ0n) is 16.1. The zero-order valence-corrected chi connectivity index (χ0v) is 16.1. The Hall–Kier alpha value is -3.29. The highest BCUT2D eigenvalue weighted by atomic mass is 16.5. The molecule has 0 saturated heterocycles. The Kier molecular flexibility index (Phi) is 5.79. The fourth-order valence-corrected chi connectivity index (χ4v) is 3.54. The first kappa shape index (κ1) is 19.0. The molecule has 3 aromatic rings. The van der Waals surface area contributed by atoms with Crippen molar-refractivity contribution in [2.75, 3.05) is 0 Å². The van der Waals surface area contributed by atoms with Gasteiger partial charge in [-0.05, 0) is 18.9 Å². The van der Waals surface area contributed by atoms with Gasteiger partial charge in [0.2, 0.25) is 0 Å². The molecular formula is C21H23N5O3. The van der Waals surface area contributed by atoms with Gasteiger partial charge in [-0.15, -0.1) is 0 Å². The summed E-state index contributed by atoms with van der Waals surface area (Å²) in [5, 5.41) is 11.2. The van der Waals surface area contributed by atoms with E-state index >= 15 is 0 Å². The third kappa shape index (κ3) is 4.77. The van der Waals surface area contributed by atoms with Gasteiger partial charge < -0.3 is 9.84 Å². The Morgan fingerprint density at radius 3 is 2.59 bits per heavy atom. The summed E-state index contributed by atoms with van der Waals surface area (Å²) in [6, 6.07) is 12.8. The van der Waals surface area contributed by atoms with E-state index in [0.29, 0.717) is 5.69 Å². The number of rotatable bonds is 5. The molecule has 0 aliphatic heterocycles. The van der Waals surface area contributed by atoms with Crippen molar-refractivity contribution in [2.45, 2.75) is 51.1 Å². The molecule has 1 saturated carbocycles. The van der Waals surface area contributed by atoms with Gasteiger partial charge in [-0.25, -0.2) is 4.68 Å². The standard InChI is InChI=1S/C21H23N5O3/c27-19-13-12-17(15-8-4-3-5-9-15)24-26(19)14-18-23-21(29-25-18)20(28)22-16-10-6-1-2-7-11-16/h3-5,8-9,12-13,16H,1-2,6-7,10-11,14H2,(H,22,28). The smallest absolute Gasteiger partial charge is 0.316 e. The number of nitrogens with one attached hydrogen (secondary N) is 1. The quantitative estimate of drug-likeness (QED) is 0.669. The Morgan fingerprint density at radius 2 is 1.83 bits per heavy atom. The summed E-state index contributed by atoms with van der Waals surface area (Å²) in [5.74, 6) is -0.221. The molecule has 150 valence electrons. The molecular weight excluding hydrogens is 370 g/mol. The largest absolute Gasteiger partial charge is 0.345 e. The summed E-state index contributed by atoms with van der Waals surface area (Å²) in [6.45, 7) is 0.0275. The first-order valence-corrected chi connectivity index (χ1v) is 9.96. The second-order valence-electron chi connectivity index (χ2n) is 7.26. The number of hydrogen-bond acceptors (Lipinski definition) is 6. The lowest BCUT2D eigenvalue weighted by molar-refractivity contribution is 0.0889. The predicted molar refractivity (Wildman–Crippen MR) is 106 cm³/mol. The molecule has 1 aromatic carbocycles. The first-order valence-electron chi connectivity index (χ1n) is 9.96. The van der Waals surface area contributed by atoms with E-state index in [-0.39, 0.29) is 35.8 Å². The lowest BCUT2D eigenvalue weighted by Gasteiger charge is -2.14. The Morgan fingerprint density at radius 1 is 1.07 bits per heavy atom. The van der Waals surface area contributed by atoms with Crippen molar-refractivity contribution in [2.24, 2.45) is 0 Å². The second kappa shape index (κ2) is 8.81. The molecule has 0 bridgehead atoms. The van der Waals surface area contributed by atoms with Crippen molar-refractivity contribution in [3.05, 3.63) is 64.5 Å². The highest BCUT2D eigenvalue weighted by Crippen LogP contribution is 2.17. The third-order valence-corrected chi connectivity index (χ3v) is 5.08. The molecule has 29 heavy (non-hydrogen) atoms. The van der Waals surface area contributed by atoms with Crippen LogP contribution in [0, 0.1) is 0 Å². The molecule has 1 fully saturated rings. The molecule has 8 nitrogen and oxygen atoms in total. The van der Waals surface area contributed by atoms with Crippen molar-refractivity contribution in [1.29, 1.82) is 0 Å². The van der Waals surface area contributed by atoms with Gasteiger partial charge in [0, 0.05) is 17.7 Å². The third-order valence-electron chi connectivity index (χ3n) is 5.08. The van der Waals surface area contributed by atoms with Crippen LogP contribution in [-0.4, -0.2) is 31.9 Å². The molecule has 2 heterocycles. The molecule has 1 aliphatic carbocycles. The minimum Gasteiger partial charge on any atom is -0.345 e. The lowest BCUT2D eigenvalue weighted by Crippen LogP contribution is -2.34. The average molecular weight is 393 g/mol. The van der Waals surface area contributed by atoms with E-state index in [2.05, 4.69) is 20.6 Å². The van der Waals surface area contributed by atoms with Gasteiger partial charge in [0.25, 0.3) is 5.56 Å². The predicted octanol–water partition coefficient (Wildman–Crippen LogP) is 2.79. The van der Waals surface area contributed by atoms with Gasteiger partial charge in [-0.2, -0.15) is 10.1 Å². The number of hydrogen-bond donors (Lipinski definition) is 1. The molecule has 0 unspecified atom stereocenters. The Bertz CT molecular complexity index is 1020. The van der Waals surface area contributed by atoms with Gasteiger partial charge >= 0.3 is 11.8 Å². The summed E-state index contributed by atoms with van der Waals surface area (Å²) >= 11 is 0. The molecule has 1 N–H and O–H groups in total. The monoisotopic (exact) mass is 393 g/mol. The van der Waals surface area contributed by atoms with Crippen molar-refractivity contribution < 1.29 is 9.32 Å². The molecule has 2 aromatic heterocycles. The van der Waals surface area contributed by atoms with Crippen LogP contribution in [0.3, 0.4) is 0 Å². The minimum atomic E-state index is -0.367. The van der Waals surface area contributed by atoms with Crippen molar-refractivity contribution in [1.82, 2.24) is 25.2 Å². The molecule has 0 atom stereocenters. The van der Waals surface area contributed by atoms with Crippen LogP contribution in [0.5, 0.6) is 0 Å². The van der Waals surface area contributed by atoms with E-state index in [1.165, 1.54) is 23.6 Å². The van der Waals surface area contributed by atoms with Crippen LogP contribution in [0.15, 0.2) is 51.8 Å². The van der Waals surface area contributed by atoms with Crippen molar-refractivity contribution in [3.8, 4) is 11.3 Å². The number of carbonyl (C=O) groups is 1. The van der Waals surface area contributed by atoms with Crippen LogP contribution in [0.2, 0.25) is 0 Å². The van der Waals surface area contributed by atoms with Crippen LogP contribution in [0.25, 0.3) is 11.3 Å². The fraction of sp³-hybridized carbons (Fsp3) is 0.381. The van der Waals surface area contributed by atoms with E-state index < -0.39 is 0 Å². The second-order valence-corrected chi connectivity index (χ2v) is 7.26. The van der Waals surface area contributed by atoms with E-state index in [4.69, 9.17) is 4.52 Å². The van der Waals surface area contributed by atoms with Gasteiger partial charge in [0.15, 0.2) is 5.82 Å². The van der Waals surface area contributed by atoms with Crippen molar-refractivity contribution >= 4 is 5.91 Å². The number of benzene rings is 1. The van der Waals surface area contributed by atoms with Crippen LogP contribution in [0.4, 0.5) is 0 Å². The van der Waals surface area contributed by atoms with Crippen LogP contribution in [-0.2, 0) is 6.54 Å². The summed E-state index contributed by atoms with van der Waals surface area (Å²) in [4.78, 5) is 28.7. The Labute approximate surface area is 167 Å². The zero-order chi connectivity index (χ0) is 20.1. The number of carbonyl (C=O) groups excluding carboxylic acids is 1. The summed E-state index contributed by atoms with van der Waals surface area (Å²) in [7, 11) is 0. The van der Waals surface area contributed by atoms with Gasteiger partial charge in [-0.3, -0.25) is 9.59 Å². The number of amides is 1. The maximum Gasteiger partial charge on any atom is 0.316 e. The maximum absolute atomic E-state index is 12.4. The van der Waals surface area contributed by atoms with Crippen molar-refractivity contribution in [3.63, 3.8) is 0 Å². The maximum atomic E-state index is 12.4. The number of nitrogens with zero attached hydrogens (tertiary/aromatic N) is 4. The average Bonchev–Trinajstić information content (AvgIpc) is 3.06. The molecule has 8 heteroatoms. The Balaban J connectivity index is 1.46. The van der Waals surface area contributed by atoms with E-state index in [1.54, 1.807) is 6.07 Å². The van der Waals surface area contributed by atoms with Gasteiger partial charge in [-0.1, -0.05) is 61.2 Å². The van der Waals surface area contributed by atoms with Crippen LogP contribution in [0.1, 0.15) is 55.0 Å². The summed E-state index contributed by atoms with van der Waals surface area (Å²) < 4.78 is 6.37. The van der Waals surface area contributed by atoms with E-state index in [0.717, 1.165) is 31.2 Å². The molecule has 1 aliphatic rings. The molecule has 4 rings (SSSR count). The highest BCUT2D eigenvalue weighted by molar-refractivity contribution is 5.89. The highest BCUT2D eigenvalue weighted by Gasteiger charge is 2.20. The summed E-state index contributed by atoms with van der Waals surface area (Å²) in [5.41, 5.74) is 1.29. The van der Waals surface area contributed by atoms with E-state index in [9.17, 15) is 9.59 Å².